The van der Waals surface area contributed by atoms with E-state index in [4.69, 9.17) is 9.15 Å². The molecule has 0 aliphatic rings. The highest BCUT2D eigenvalue weighted by atomic mass is 35.5. The molecule has 6 heteroatoms. The highest BCUT2D eigenvalue weighted by molar-refractivity contribution is 5.85. The van der Waals surface area contributed by atoms with Gasteiger partial charge in [0, 0.05) is 24.2 Å². The Morgan fingerprint density at radius 2 is 1.93 bits per heavy atom. The van der Waals surface area contributed by atoms with Gasteiger partial charge in [-0.05, 0) is 25.1 Å². The van der Waals surface area contributed by atoms with E-state index in [-0.39, 0.29) is 24.4 Å². The zero-order valence-electron chi connectivity index (χ0n) is 15.2. The average molecular weight is 390 g/mol. The first-order valence-electron chi connectivity index (χ1n) is 8.82. The summed E-state index contributed by atoms with van der Waals surface area (Å²) in [6.07, 6.45) is 0.418. The van der Waals surface area contributed by atoms with Crippen LogP contribution >= 0.6 is 12.4 Å². The van der Waals surface area contributed by atoms with E-state index < -0.39 is 6.10 Å². The maximum atomic E-state index is 12.3. The molecular formula is C21H24ClNO4. The van der Waals surface area contributed by atoms with Gasteiger partial charge in [0.05, 0.1) is 5.39 Å². The molecule has 1 aromatic heterocycles. The molecule has 0 saturated heterocycles. The van der Waals surface area contributed by atoms with Crippen molar-refractivity contribution < 1.29 is 14.3 Å². The van der Waals surface area contributed by atoms with E-state index in [0.29, 0.717) is 29.0 Å². The van der Waals surface area contributed by atoms with Crippen LogP contribution in [0.4, 0.5) is 0 Å². The zero-order chi connectivity index (χ0) is 18.4. The van der Waals surface area contributed by atoms with Crippen LogP contribution < -0.4 is 15.5 Å². The van der Waals surface area contributed by atoms with Gasteiger partial charge >= 0.3 is 0 Å². The van der Waals surface area contributed by atoms with Crippen LogP contribution in [0.3, 0.4) is 0 Å². The standard InChI is InChI=1S/C21H23NO4.ClH/c1-2-10-22-13-16(23)14-25-17-8-9-18-19(24)12-20(26-21(18)11-17)15-6-4-3-5-7-15;/h3-9,11-12,16,22-23H,2,10,13-14H2,1H3;1H. The number of benzene rings is 2. The normalized spacial score (nSPS) is 11.8. The smallest absolute Gasteiger partial charge is 0.193 e. The molecule has 0 spiro atoms. The second-order valence-corrected chi connectivity index (χ2v) is 6.17. The number of aliphatic hydroxyl groups is 1. The zero-order valence-corrected chi connectivity index (χ0v) is 16.0. The first-order chi connectivity index (χ1) is 12.7. The van der Waals surface area contributed by atoms with E-state index in [9.17, 15) is 9.90 Å². The molecule has 1 unspecified atom stereocenters. The van der Waals surface area contributed by atoms with E-state index in [1.165, 1.54) is 6.07 Å². The quantitative estimate of drug-likeness (QED) is 0.576. The van der Waals surface area contributed by atoms with Gasteiger partial charge in [0.2, 0.25) is 0 Å². The predicted octanol–water partition coefficient (Wildman–Crippen LogP) is 3.62. The molecule has 0 saturated carbocycles. The minimum atomic E-state index is -0.597. The van der Waals surface area contributed by atoms with Crippen molar-refractivity contribution in [1.82, 2.24) is 5.32 Å². The van der Waals surface area contributed by atoms with Crippen LogP contribution in [-0.4, -0.2) is 30.9 Å². The number of nitrogens with one attached hydrogen (secondary N) is 1. The minimum absolute atomic E-state index is 0. The van der Waals surface area contributed by atoms with Crippen LogP contribution in [0.5, 0.6) is 5.75 Å². The van der Waals surface area contributed by atoms with Crippen LogP contribution in [-0.2, 0) is 0 Å². The Labute approximate surface area is 164 Å². The third-order valence-electron chi connectivity index (χ3n) is 4.01. The summed E-state index contributed by atoms with van der Waals surface area (Å²) in [4.78, 5) is 12.3. The van der Waals surface area contributed by atoms with Gasteiger partial charge in [0.15, 0.2) is 5.43 Å². The fourth-order valence-electron chi connectivity index (χ4n) is 2.67. The van der Waals surface area contributed by atoms with Gasteiger partial charge < -0.3 is 19.6 Å². The van der Waals surface area contributed by atoms with Gasteiger partial charge in [-0.1, -0.05) is 37.3 Å². The molecule has 0 fully saturated rings. The van der Waals surface area contributed by atoms with Crippen LogP contribution in [0.1, 0.15) is 13.3 Å². The van der Waals surface area contributed by atoms with Gasteiger partial charge in [0.1, 0.15) is 29.8 Å². The van der Waals surface area contributed by atoms with Gasteiger partial charge in [-0.25, -0.2) is 0 Å². The summed E-state index contributed by atoms with van der Waals surface area (Å²) in [5.41, 5.74) is 1.21. The van der Waals surface area contributed by atoms with Gasteiger partial charge in [0.25, 0.3) is 0 Å². The summed E-state index contributed by atoms with van der Waals surface area (Å²) in [6.45, 7) is 3.59. The SMILES string of the molecule is CCCNCC(O)COc1ccc2c(=O)cc(-c3ccccc3)oc2c1.Cl. The van der Waals surface area contributed by atoms with Crippen molar-refractivity contribution in [2.24, 2.45) is 0 Å². The molecule has 2 N–H and O–H groups in total. The van der Waals surface area contributed by atoms with Crippen molar-refractivity contribution in [3.63, 3.8) is 0 Å². The second-order valence-electron chi connectivity index (χ2n) is 6.17. The monoisotopic (exact) mass is 389 g/mol. The van der Waals surface area contributed by atoms with E-state index in [1.54, 1.807) is 18.2 Å². The fraction of sp³-hybridized carbons (Fsp3) is 0.286. The molecule has 0 aliphatic heterocycles. The topological polar surface area (TPSA) is 71.7 Å². The van der Waals surface area contributed by atoms with Crippen molar-refractivity contribution in [3.05, 3.63) is 64.8 Å². The number of aliphatic hydroxyl groups excluding tert-OH is 1. The number of hydrogen-bond donors (Lipinski definition) is 2. The highest BCUT2D eigenvalue weighted by Crippen LogP contribution is 2.24. The van der Waals surface area contributed by atoms with E-state index in [0.717, 1.165) is 18.5 Å². The van der Waals surface area contributed by atoms with Crippen LogP contribution in [0.25, 0.3) is 22.3 Å². The van der Waals surface area contributed by atoms with Crippen molar-refractivity contribution >= 4 is 23.4 Å². The summed E-state index contributed by atoms with van der Waals surface area (Å²) in [5, 5.41) is 13.6. The highest BCUT2D eigenvalue weighted by Gasteiger charge is 2.09. The van der Waals surface area contributed by atoms with Crippen molar-refractivity contribution in [3.8, 4) is 17.1 Å². The Bertz CT molecular complexity index is 911. The van der Waals surface area contributed by atoms with Gasteiger partial charge in [-0.15, -0.1) is 12.4 Å². The number of halogens is 1. The molecule has 5 nitrogen and oxygen atoms in total. The van der Waals surface area contributed by atoms with E-state index in [2.05, 4.69) is 12.2 Å². The number of hydrogen-bond acceptors (Lipinski definition) is 5. The largest absolute Gasteiger partial charge is 0.491 e. The predicted molar refractivity (Wildman–Crippen MR) is 110 cm³/mol. The van der Waals surface area contributed by atoms with Crippen LogP contribution in [0, 0.1) is 0 Å². The second kappa shape index (κ2) is 10.1. The minimum Gasteiger partial charge on any atom is -0.491 e. The molecule has 0 bridgehead atoms. The van der Waals surface area contributed by atoms with Crippen molar-refractivity contribution in [2.45, 2.75) is 19.4 Å². The lowest BCUT2D eigenvalue weighted by atomic mass is 10.1. The maximum absolute atomic E-state index is 12.3. The summed E-state index contributed by atoms with van der Waals surface area (Å²) in [5.74, 6) is 1.07. The molecule has 0 radical (unpaired) electrons. The van der Waals surface area contributed by atoms with Crippen LogP contribution in [0.2, 0.25) is 0 Å². The lowest BCUT2D eigenvalue weighted by Gasteiger charge is -2.13. The Kier molecular flexibility index (Phi) is 7.85. The number of rotatable bonds is 8. The Morgan fingerprint density at radius 1 is 1.15 bits per heavy atom. The number of ether oxygens (including phenoxy) is 1. The Hall–Kier alpha value is -2.34. The Balaban J connectivity index is 0.00000261. The van der Waals surface area contributed by atoms with Crippen molar-refractivity contribution in [1.29, 1.82) is 0 Å². The molecule has 0 aliphatic carbocycles. The first kappa shape index (κ1) is 21.0. The summed E-state index contributed by atoms with van der Waals surface area (Å²) in [7, 11) is 0. The summed E-state index contributed by atoms with van der Waals surface area (Å²) in [6, 6.07) is 16.1. The van der Waals surface area contributed by atoms with Crippen molar-refractivity contribution in [2.75, 3.05) is 19.7 Å². The molecule has 27 heavy (non-hydrogen) atoms. The lowest BCUT2D eigenvalue weighted by molar-refractivity contribution is 0.106. The molecular weight excluding hydrogens is 366 g/mol. The Morgan fingerprint density at radius 3 is 2.67 bits per heavy atom. The van der Waals surface area contributed by atoms with E-state index >= 15 is 0 Å². The van der Waals surface area contributed by atoms with Gasteiger partial charge in [-0.2, -0.15) is 0 Å². The third kappa shape index (κ3) is 5.57. The van der Waals surface area contributed by atoms with Crippen LogP contribution in [0.15, 0.2) is 63.8 Å². The number of fused-ring (bicyclic) bond motifs is 1. The maximum Gasteiger partial charge on any atom is 0.193 e. The average Bonchev–Trinajstić information content (AvgIpc) is 2.67. The molecule has 144 valence electrons. The molecule has 0 amide bonds. The molecule has 1 heterocycles. The third-order valence-corrected chi connectivity index (χ3v) is 4.01. The summed E-state index contributed by atoms with van der Waals surface area (Å²) >= 11 is 0. The van der Waals surface area contributed by atoms with Gasteiger partial charge in [-0.3, -0.25) is 4.79 Å². The lowest BCUT2D eigenvalue weighted by Crippen LogP contribution is -2.31. The molecule has 3 aromatic rings. The van der Waals surface area contributed by atoms with E-state index in [1.807, 2.05) is 30.3 Å². The summed E-state index contributed by atoms with van der Waals surface area (Å²) < 4.78 is 11.5. The molecule has 3 rings (SSSR count). The molecule has 1 atom stereocenters. The molecule has 2 aromatic carbocycles. The first-order valence-corrected chi connectivity index (χ1v) is 8.82. The fourth-order valence-corrected chi connectivity index (χ4v) is 2.67.